The van der Waals surface area contributed by atoms with Gasteiger partial charge < -0.3 is 10.3 Å². The zero-order valence-corrected chi connectivity index (χ0v) is 12.4. The smallest absolute Gasteiger partial charge is 0.262 e. The van der Waals surface area contributed by atoms with E-state index in [2.05, 4.69) is 4.98 Å². The van der Waals surface area contributed by atoms with E-state index < -0.39 is 10.0 Å². The van der Waals surface area contributed by atoms with Crippen molar-refractivity contribution in [3.8, 4) is 0 Å². The quantitative estimate of drug-likeness (QED) is 0.831. The first kappa shape index (κ1) is 14.5. The van der Waals surface area contributed by atoms with Crippen LogP contribution in [0.4, 0.5) is 0 Å². The molecular weight excluding hydrogens is 264 g/mol. The van der Waals surface area contributed by atoms with Gasteiger partial charge in [-0.1, -0.05) is 6.42 Å². The van der Waals surface area contributed by atoms with E-state index in [4.69, 9.17) is 5.73 Å². The van der Waals surface area contributed by atoms with E-state index in [9.17, 15) is 8.42 Å². The lowest BCUT2D eigenvalue weighted by molar-refractivity contribution is 0.218. The lowest BCUT2D eigenvalue weighted by Gasteiger charge is -2.36. The standard InChI is InChI=1S/C12H22N4O2S/c1-10-14-12(9-15(10)2)19(17,18)16(8-4-7-13)11-5-3-6-11/h9,11H,3-8,13H2,1-2H3. The van der Waals surface area contributed by atoms with Gasteiger partial charge >= 0.3 is 0 Å². The zero-order valence-electron chi connectivity index (χ0n) is 11.5. The molecular formula is C12H22N4O2S. The van der Waals surface area contributed by atoms with Gasteiger partial charge in [0.2, 0.25) is 0 Å². The maximum absolute atomic E-state index is 12.6. The predicted molar refractivity (Wildman–Crippen MR) is 73.1 cm³/mol. The average molecular weight is 286 g/mol. The van der Waals surface area contributed by atoms with Crippen LogP contribution in [0.25, 0.3) is 0 Å². The highest BCUT2D eigenvalue weighted by Crippen LogP contribution is 2.29. The first-order valence-electron chi connectivity index (χ1n) is 6.68. The summed E-state index contributed by atoms with van der Waals surface area (Å²) < 4.78 is 28.6. The van der Waals surface area contributed by atoms with Crippen LogP contribution in [0.1, 0.15) is 31.5 Å². The van der Waals surface area contributed by atoms with Gasteiger partial charge in [0, 0.05) is 25.8 Å². The predicted octanol–water partition coefficient (Wildman–Crippen LogP) is 0.621. The van der Waals surface area contributed by atoms with Gasteiger partial charge in [-0.05, 0) is 32.7 Å². The maximum atomic E-state index is 12.6. The van der Waals surface area contributed by atoms with Crippen LogP contribution >= 0.6 is 0 Å². The van der Waals surface area contributed by atoms with Crippen molar-refractivity contribution in [3.05, 3.63) is 12.0 Å². The van der Waals surface area contributed by atoms with Crippen molar-refractivity contribution in [2.45, 2.75) is 43.7 Å². The van der Waals surface area contributed by atoms with Crippen LogP contribution < -0.4 is 5.73 Å². The number of hydrogen-bond donors (Lipinski definition) is 1. The third-order valence-electron chi connectivity index (χ3n) is 3.72. The minimum absolute atomic E-state index is 0.124. The number of nitrogens with two attached hydrogens (primary N) is 1. The third-order valence-corrected chi connectivity index (χ3v) is 5.55. The monoisotopic (exact) mass is 286 g/mol. The molecule has 0 aliphatic heterocycles. The number of hydrogen-bond acceptors (Lipinski definition) is 4. The van der Waals surface area contributed by atoms with Gasteiger partial charge in [0.05, 0.1) is 0 Å². The second-order valence-electron chi connectivity index (χ2n) is 5.08. The fraction of sp³-hybridized carbons (Fsp3) is 0.750. The van der Waals surface area contributed by atoms with E-state index in [1.807, 2.05) is 0 Å². The summed E-state index contributed by atoms with van der Waals surface area (Å²) in [6, 6.07) is 0.124. The Morgan fingerprint density at radius 2 is 2.21 bits per heavy atom. The largest absolute Gasteiger partial charge is 0.337 e. The Hall–Kier alpha value is -0.920. The highest BCUT2D eigenvalue weighted by Gasteiger charge is 2.35. The van der Waals surface area contributed by atoms with Crippen molar-refractivity contribution in [2.75, 3.05) is 13.1 Å². The molecule has 0 aromatic carbocycles. The molecule has 0 atom stereocenters. The molecule has 1 aromatic heterocycles. The van der Waals surface area contributed by atoms with Gasteiger partial charge in [-0.25, -0.2) is 13.4 Å². The Labute approximate surface area is 114 Å². The Morgan fingerprint density at radius 1 is 1.53 bits per heavy atom. The Bertz CT molecular complexity index is 514. The summed E-state index contributed by atoms with van der Waals surface area (Å²) in [5.41, 5.74) is 5.51. The van der Waals surface area contributed by atoms with E-state index in [-0.39, 0.29) is 11.1 Å². The molecule has 0 radical (unpaired) electrons. The van der Waals surface area contributed by atoms with Gasteiger partial charge in [-0.2, -0.15) is 4.31 Å². The molecule has 6 nitrogen and oxygen atoms in total. The van der Waals surface area contributed by atoms with E-state index >= 15 is 0 Å². The molecule has 0 unspecified atom stereocenters. The number of aryl methyl sites for hydroxylation is 2. The van der Waals surface area contributed by atoms with Crippen molar-refractivity contribution < 1.29 is 8.42 Å². The SMILES string of the molecule is Cc1nc(S(=O)(=O)N(CCCN)C2CCC2)cn1C. The molecule has 0 spiro atoms. The minimum atomic E-state index is -3.49. The number of imidazole rings is 1. The van der Waals surface area contributed by atoms with Crippen molar-refractivity contribution in [1.82, 2.24) is 13.9 Å². The fourth-order valence-corrected chi connectivity index (χ4v) is 3.94. The van der Waals surface area contributed by atoms with E-state index in [1.165, 1.54) is 0 Å². The van der Waals surface area contributed by atoms with Crippen LogP contribution in [0.5, 0.6) is 0 Å². The molecule has 1 fully saturated rings. The molecule has 0 bridgehead atoms. The number of sulfonamides is 1. The number of nitrogens with zero attached hydrogens (tertiary/aromatic N) is 3. The molecule has 108 valence electrons. The number of rotatable bonds is 6. The van der Waals surface area contributed by atoms with E-state index in [1.54, 1.807) is 29.0 Å². The average Bonchev–Trinajstić information content (AvgIpc) is 2.63. The highest BCUT2D eigenvalue weighted by molar-refractivity contribution is 7.89. The second kappa shape index (κ2) is 5.60. The van der Waals surface area contributed by atoms with E-state index in [0.29, 0.717) is 25.3 Å². The van der Waals surface area contributed by atoms with Crippen molar-refractivity contribution >= 4 is 10.0 Å². The summed E-state index contributed by atoms with van der Waals surface area (Å²) in [6.45, 7) is 2.78. The van der Waals surface area contributed by atoms with Crippen LogP contribution in [-0.4, -0.2) is 41.4 Å². The topological polar surface area (TPSA) is 81.2 Å². The van der Waals surface area contributed by atoms with Crippen molar-refractivity contribution in [2.24, 2.45) is 12.8 Å². The Morgan fingerprint density at radius 3 is 2.63 bits per heavy atom. The zero-order chi connectivity index (χ0) is 14.0. The fourth-order valence-electron chi connectivity index (χ4n) is 2.19. The normalized spacial score (nSPS) is 16.8. The molecule has 2 rings (SSSR count). The molecule has 0 amide bonds. The molecule has 0 saturated heterocycles. The van der Waals surface area contributed by atoms with Gasteiger partial charge in [-0.3, -0.25) is 0 Å². The first-order chi connectivity index (χ1) is 8.96. The lowest BCUT2D eigenvalue weighted by atomic mass is 9.93. The molecule has 7 heteroatoms. The maximum Gasteiger partial charge on any atom is 0.262 e. The summed E-state index contributed by atoms with van der Waals surface area (Å²) in [5.74, 6) is 0.700. The Balaban J connectivity index is 2.27. The molecule has 1 heterocycles. The Kier molecular flexibility index (Phi) is 4.27. The minimum Gasteiger partial charge on any atom is -0.337 e. The van der Waals surface area contributed by atoms with Gasteiger partial charge in [0.15, 0.2) is 5.03 Å². The van der Waals surface area contributed by atoms with Crippen LogP contribution in [0, 0.1) is 6.92 Å². The summed E-state index contributed by atoms with van der Waals surface area (Å²) in [6.07, 6.45) is 5.24. The molecule has 2 N–H and O–H groups in total. The van der Waals surface area contributed by atoms with Crippen LogP contribution in [0.15, 0.2) is 11.2 Å². The van der Waals surface area contributed by atoms with Gasteiger partial charge in [-0.15, -0.1) is 0 Å². The lowest BCUT2D eigenvalue weighted by Crippen LogP contribution is -2.45. The number of aromatic nitrogens is 2. The summed E-state index contributed by atoms with van der Waals surface area (Å²) in [4.78, 5) is 4.15. The molecule has 1 aliphatic rings. The van der Waals surface area contributed by atoms with Gasteiger partial charge in [0.1, 0.15) is 5.82 Å². The third kappa shape index (κ3) is 2.82. The van der Waals surface area contributed by atoms with Crippen LogP contribution in [-0.2, 0) is 17.1 Å². The molecule has 1 aliphatic carbocycles. The van der Waals surface area contributed by atoms with Crippen molar-refractivity contribution in [3.63, 3.8) is 0 Å². The molecule has 1 saturated carbocycles. The summed E-state index contributed by atoms with van der Waals surface area (Å²) in [5, 5.41) is 0.149. The summed E-state index contributed by atoms with van der Waals surface area (Å²) >= 11 is 0. The van der Waals surface area contributed by atoms with E-state index in [0.717, 1.165) is 19.3 Å². The molecule has 19 heavy (non-hydrogen) atoms. The highest BCUT2D eigenvalue weighted by atomic mass is 32.2. The van der Waals surface area contributed by atoms with Crippen LogP contribution in [0.2, 0.25) is 0 Å². The van der Waals surface area contributed by atoms with Crippen molar-refractivity contribution in [1.29, 1.82) is 0 Å². The summed E-state index contributed by atoms with van der Waals surface area (Å²) in [7, 11) is -1.69. The van der Waals surface area contributed by atoms with Gasteiger partial charge in [0.25, 0.3) is 10.0 Å². The van der Waals surface area contributed by atoms with Crippen LogP contribution in [0.3, 0.4) is 0 Å². The second-order valence-corrected chi connectivity index (χ2v) is 6.92. The first-order valence-corrected chi connectivity index (χ1v) is 8.12. The molecule has 1 aromatic rings.